The molecule has 3 aliphatic carbocycles. The zero-order chi connectivity index (χ0) is 10.2. The monoisotopic (exact) mass is 192 g/mol. The van der Waals surface area contributed by atoms with E-state index in [2.05, 4.69) is 18.2 Å². The van der Waals surface area contributed by atoms with E-state index < -0.39 is 0 Å². The summed E-state index contributed by atoms with van der Waals surface area (Å²) in [7, 11) is 0. The van der Waals surface area contributed by atoms with Crippen molar-refractivity contribution < 1.29 is 0 Å². The molecule has 0 aliphatic heterocycles. The lowest BCUT2D eigenvalue weighted by Gasteiger charge is -2.31. The second-order valence-corrected chi connectivity index (χ2v) is 4.84. The zero-order valence-corrected chi connectivity index (χ0v) is 8.07. The molecule has 2 heteroatoms. The Hall–Kier alpha value is -1.80. The van der Waals surface area contributed by atoms with Gasteiger partial charge in [0.15, 0.2) is 0 Å². The lowest BCUT2D eigenvalue weighted by Crippen LogP contribution is -2.24. The summed E-state index contributed by atoms with van der Waals surface area (Å²) in [5.74, 6) is 1.38. The van der Waals surface area contributed by atoms with Crippen LogP contribution in [-0.2, 0) is 0 Å². The van der Waals surface area contributed by atoms with Crippen molar-refractivity contribution in [1.29, 1.82) is 10.5 Å². The first kappa shape index (κ1) is 7.49. The summed E-state index contributed by atoms with van der Waals surface area (Å²) in [4.78, 5) is 0. The highest BCUT2D eigenvalue weighted by atomic mass is 14.8. The van der Waals surface area contributed by atoms with E-state index in [1.165, 1.54) is 17.5 Å². The molecular weight excluding hydrogens is 184 g/mol. The largest absolute Gasteiger partial charge is 0.198 e. The van der Waals surface area contributed by atoms with E-state index in [9.17, 15) is 5.26 Å². The number of rotatable bonds is 0. The Bertz CT molecular complexity index is 575. The highest BCUT2D eigenvalue weighted by Crippen LogP contribution is 2.87. The summed E-state index contributed by atoms with van der Waals surface area (Å²) in [6.07, 6.45) is 1.17. The number of fused-ring (bicyclic) bond motifs is 4. The Morgan fingerprint density at radius 2 is 2.20 bits per heavy atom. The van der Waals surface area contributed by atoms with Gasteiger partial charge in [0.2, 0.25) is 0 Å². The molecule has 70 valence electrons. The number of nitrogens with zero attached hydrogens (tertiary/aromatic N) is 2. The molecule has 2 nitrogen and oxygen atoms in total. The van der Waals surface area contributed by atoms with Gasteiger partial charge in [0.1, 0.15) is 0 Å². The van der Waals surface area contributed by atoms with Crippen molar-refractivity contribution in [3.63, 3.8) is 0 Å². The third kappa shape index (κ3) is 0.524. The number of hydrogen-bond donors (Lipinski definition) is 0. The molecule has 15 heavy (non-hydrogen) atoms. The van der Waals surface area contributed by atoms with E-state index >= 15 is 0 Å². The van der Waals surface area contributed by atoms with E-state index in [1.807, 2.05) is 12.1 Å². The van der Waals surface area contributed by atoms with Crippen LogP contribution in [0, 0.1) is 34.0 Å². The van der Waals surface area contributed by atoms with Gasteiger partial charge in [0, 0.05) is 11.8 Å². The first-order valence-electron chi connectivity index (χ1n) is 5.28. The average Bonchev–Trinajstić information content (AvgIpc) is 2.69. The van der Waals surface area contributed by atoms with Crippen LogP contribution in [-0.4, -0.2) is 0 Å². The van der Waals surface area contributed by atoms with Crippen LogP contribution in [0.15, 0.2) is 18.2 Å². The van der Waals surface area contributed by atoms with Crippen LogP contribution in [0.2, 0.25) is 0 Å². The lowest BCUT2D eigenvalue weighted by atomic mass is 9.70. The standard InChI is InChI=1S/C13H8N2/c14-5-7-2-1-3-8-9-4-10-12(11(7)8)13(9,10)6-15/h1-3,9-10,12H,4H2/t9-,10+,12+,13-/m1/s1. The number of nitriles is 2. The van der Waals surface area contributed by atoms with Gasteiger partial charge in [-0.25, -0.2) is 0 Å². The number of hydrogen-bond acceptors (Lipinski definition) is 2. The molecule has 0 amide bonds. The first-order chi connectivity index (χ1) is 7.34. The molecule has 1 aromatic rings. The van der Waals surface area contributed by atoms with Gasteiger partial charge in [0.05, 0.1) is 23.1 Å². The summed E-state index contributed by atoms with van der Waals surface area (Å²) in [5, 5.41) is 18.3. The fraction of sp³-hybridized carbons (Fsp3) is 0.385. The summed E-state index contributed by atoms with van der Waals surface area (Å²) < 4.78 is 0. The fourth-order valence-electron chi connectivity index (χ4n) is 3.96. The van der Waals surface area contributed by atoms with Crippen LogP contribution in [0.3, 0.4) is 0 Å². The van der Waals surface area contributed by atoms with Crippen LogP contribution in [0.1, 0.15) is 34.9 Å². The minimum atomic E-state index is -0.0880. The van der Waals surface area contributed by atoms with Crippen molar-refractivity contribution in [2.45, 2.75) is 18.3 Å². The van der Waals surface area contributed by atoms with Crippen molar-refractivity contribution >= 4 is 0 Å². The van der Waals surface area contributed by atoms with Crippen molar-refractivity contribution in [2.75, 3.05) is 0 Å². The first-order valence-corrected chi connectivity index (χ1v) is 5.28. The molecule has 4 rings (SSSR count). The summed E-state index contributed by atoms with van der Waals surface area (Å²) in [6, 6.07) is 10.7. The Morgan fingerprint density at radius 1 is 1.33 bits per heavy atom. The van der Waals surface area contributed by atoms with E-state index in [0.717, 1.165) is 5.56 Å². The molecule has 2 saturated carbocycles. The molecule has 0 aromatic heterocycles. The molecular formula is C13H8N2. The Kier molecular flexibility index (Phi) is 0.960. The van der Waals surface area contributed by atoms with Gasteiger partial charge < -0.3 is 0 Å². The van der Waals surface area contributed by atoms with Gasteiger partial charge in [-0.2, -0.15) is 10.5 Å². The van der Waals surface area contributed by atoms with Gasteiger partial charge in [-0.15, -0.1) is 0 Å². The van der Waals surface area contributed by atoms with Gasteiger partial charge in [-0.3, -0.25) is 0 Å². The highest BCUT2D eigenvalue weighted by Gasteiger charge is 2.81. The molecule has 0 unspecified atom stereocenters. The maximum atomic E-state index is 9.27. The van der Waals surface area contributed by atoms with E-state index in [4.69, 9.17) is 5.26 Å². The molecule has 2 fully saturated rings. The second-order valence-electron chi connectivity index (χ2n) is 4.84. The zero-order valence-electron chi connectivity index (χ0n) is 8.07. The van der Waals surface area contributed by atoms with Crippen molar-refractivity contribution in [3.8, 4) is 12.1 Å². The molecule has 0 radical (unpaired) electrons. The summed E-state index contributed by atoms with van der Waals surface area (Å²) >= 11 is 0. The summed E-state index contributed by atoms with van der Waals surface area (Å²) in [5.41, 5.74) is 3.18. The molecule has 4 atom stereocenters. The number of benzene rings is 1. The normalized spacial score (nSPS) is 41.9. The molecule has 1 aromatic carbocycles. The minimum absolute atomic E-state index is 0.0880. The maximum Gasteiger partial charge on any atom is 0.0994 e. The van der Waals surface area contributed by atoms with Crippen LogP contribution in [0.4, 0.5) is 0 Å². The quantitative estimate of drug-likeness (QED) is 0.633. The van der Waals surface area contributed by atoms with Gasteiger partial charge in [-0.1, -0.05) is 12.1 Å². The second kappa shape index (κ2) is 1.92. The Labute approximate surface area is 87.8 Å². The minimum Gasteiger partial charge on any atom is -0.198 e. The highest BCUT2D eigenvalue weighted by molar-refractivity contribution is 5.64. The SMILES string of the molecule is N#Cc1cccc2c1[C@@H]1[C@@H]3C[C@H]2[C@@]13C#N. The topological polar surface area (TPSA) is 47.6 Å². The molecule has 0 N–H and O–H groups in total. The lowest BCUT2D eigenvalue weighted by molar-refractivity contribution is 0.311. The van der Waals surface area contributed by atoms with Crippen molar-refractivity contribution in [1.82, 2.24) is 0 Å². The average molecular weight is 192 g/mol. The van der Waals surface area contributed by atoms with Gasteiger partial charge in [0.25, 0.3) is 0 Å². The predicted molar refractivity (Wildman–Crippen MR) is 52.8 cm³/mol. The van der Waals surface area contributed by atoms with Crippen LogP contribution < -0.4 is 0 Å². The van der Waals surface area contributed by atoms with Gasteiger partial charge in [-0.05, 0) is 29.5 Å². The molecule has 0 heterocycles. The molecule has 0 bridgehead atoms. The summed E-state index contributed by atoms with van der Waals surface area (Å²) in [6.45, 7) is 0. The third-order valence-corrected chi connectivity index (χ3v) is 4.63. The smallest absolute Gasteiger partial charge is 0.0994 e. The van der Waals surface area contributed by atoms with E-state index in [-0.39, 0.29) is 5.41 Å². The maximum absolute atomic E-state index is 9.27. The molecule has 0 spiro atoms. The Balaban J connectivity index is 2.02. The molecule has 0 saturated heterocycles. The van der Waals surface area contributed by atoms with E-state index in [1.54, 1.807) is 0 Å². The fourth-order valence-corrected chi connectivity index (χ4v) is 3.96. The van der Waals surface area contributed by atoms with Gasteiger partial charge >= 0.3 is 0 Å². The van der Waals surface area contributed by atoms with Crippen LogP contribution in [0.5, 0.6) is 0 Å². The predicted octanol–water partition coefficient (Wildman–Crippen LogP) is 2.28. The van der Waals surface area contributed by atoms with Crippen molar-refractivity contribution in [2.24, 2.45) is 11.3 Å². The van der Waals surface area contributed by atoms with Crippen LogP contribution >= 0.6 is 0 Å². The molecule has 3 aliphatic rings. The van der Waals surface area contributed by atoms with E-state index in [0.29, 0.717) is 17.8 Å². The Morgan fingerprint density at radius 3 is 2.93 bits per heavy atom. The third-order valence-electron chi connectivity index (χ3n) is 4.63. The van der Waals surface area contributed by atoms with Crippen molar-refractivity contribution in [3.05, 3.63) is 34.9 Å². The van der Waals surface area contributed by atoms with Crippen LogP contribution in [0.25, 0.3) is 0 Å².